The topological polar surface area (TPSA) is 117 Å². The van der Waals surface area contributed by atoms with Crippen molar-refractivity contribution in [2.24, 2.45) is 5.92 Å². The van der Waals surface area contributed by atoms with Crippen molar-refractivity contribution in [2.75, 3.05) is 25.0 Å². The van der Waals surface area contributed by atoms with E-state index in [1.807, 2.05) is 0 Å². The molecule has 1 aliphatic rings. The highest BCUT2D eigenvalue weighted by Crippen LogP contribution is 2.27. The van der Waals surface area contributed by atoms with E-state index in [0.29, 0.717) is 36.9 Å². The molecule has 0 aromatic carbocycles. The van der Waals surface area contributed by atoms with Crippen LogP contribution >= 0.6 is 11.6 Å². The molecular weight excluding hydrogens is 336 g/mol. The second kappa shape index (κ2) is 7.00. The van der Waals surface area contributed by atoms with E-state index in [1.54, 1.807) is 13.0 Å². The molecule has 24 heavy (non-hydrogen) atoms. The second-order valence-corrected chi connectivity index (χ2v) is 6.06. The van der Waals surface area contributed by atoms with E-state index < -0.39 is 6.09 Å². The molecule has 0 aliphatic carbocycles. The van der Waals surface area contributed by atoms with Crippen LogP contribution in [0.3, 0.4) is 0 Å². The van der Waals surface area contributed by atoms with Crippen LogP contribution in [0.15, 0.2) is 10.5 Å². The first kappa shape index (κ1) is 16.4. The third-order valence-electron chi connectivity index (χ3n) is 3.86. The maximum Gasteiger partial charge on any atom is 0.407 e. The number of rotatable bonds is 4. The van der Waals surface area contributed by atoms with Crippen molar-refractivity contribution in [2.45, 2.75) is 19.8 Å². The fraction of sp³-hybridized carbons (Fsp3) is 0.500. The van der Waals surface area contributed by atoms with E-state index >= 15 is 0 Å². The van der Waals surface area contributed by atoms with Crippen LogP contribution in [-0.4, -0.2) is 56.1 Å². The van der Waals surface area contributed by atoms with Crippen molar-refractivity contribution >= 4 is 23.4 Å². The lowest BCUT2D eigenvalue weighted by molar-refractivity contribution is 0.122. The van der Waals surface area contributed by atoms with Crippen LogP contribution in [0, 0.1) is 12.8 Å². The molecule has 1 amide bonds. The number of amides is 1. The number of carbonyl (C=O) groups is 1. The average Bonchev–Trinajstić information content (AvgIpc) is 2.99. The molecule has 0 bridgehead atoms. The van der Waals surface area contributed by atoms with Gasteiger partial charge in [-0.15, -0.1) is 20.4 Å². The zero-order valence-electron chi connectivity index (χ0n) is 13.1. The molecule has 1 fully saturated rings. The molecule has 2 aromatic heterocycles. The van der Waals surface area contributed by atoms with Crippen molar-refractivity contribution in [3.63, 3.8) is 0 Å². The van der Waals surface area contributed by atoms with Crippen LogP contribution < -0.4 is 5.32 Å². The molecule has 2 N–H and O–H groups in total. The van der Waals surface area contributed by atoms with Gasteiger partial charge < -0.3 is 19.7 Å². The molecule has 10 heteroatoms. The first-order valence-electron chi connectivity index (χ1n) is 7.58. The first-order valence-corrected chi connectivity index (χ1v) is 7.96. The normalized spacial score (nSPS) is 17.8. The summed E-state index contributed by atoms with van der Waals surface area (Å²) < 4.78 is 5.40. The fourth-order valence-corrected chi connectivity index (χ4v) is 2.86. The number of halogens is 1. The smallest absolute Gasteiger partial charge is 0.407 e. The molecule has 1 atom stereocenters. The number of aromatic nitrogens is 4. The Morgan fingerprint density at radius 1 is 1.46 bits per heavy atom. The Morgan fingerprint density at radius 3 is 3.00 bits per heavy atom. The average molecular weight is 353 g/mol. The quantitative estimate of drug-likeness (QED) is 0.860. The summed E-state index contributed by atoms with van der Waals surface area (Å²) in [6.45, 7) is 3.37. The van der Waals surface area contributed by atoms with Crippen molar-refractivity contribution in [3.8, 4) is 11.6 Å². The second-order valence-electron chi connectivity index (χ2n) is 5.67. The highest BCUT2D eigenvalue weighted by molar-refractivity contribution is 6.29. The van der Waals surface area contributed by atoms with Gasteiger partial charge in [0.1, 0.15) is 0 Å². The standard InChI is InChI=1S/C14H17ClN6O3/c1-8-17-20-13(24-8)12-10(5-11(15)18-19-12)16-6-9-3-2-4-21(7-9)14(22)23/h5,9H,2-4,6-7H2,1H3,(H,16,18)(H,22,23). The molecule has 9 nitrogen and oxygen atoms in total. The van der Waals surface area contributed by atoms with E-state index in [9.17, 15) is 4.79 Å². The minimum Gasteiger partial charge on any atom is -0.465 e. The molecule has 2 aromatic rings. The lowest BCUT2D eigenvalue weighted by Crippen LogP contribution is -2.41. The predicted molar refractivity (Wildman–Crippen MR) is 85.9 cm³/mol. The van der Waals surface area contributed by atoms with E-state index in [4.69, 9.17) is 21.1 Å². The largest absolute Gasteiger partial charge is 0.465 e. The summed E-state index contributed by atoms with van der Waals surface area (Å²) in [6, 6.07) is 1.64. The Bertz CT molecular complexity index is 737. The lowest BCUT2D eigenvalue weighted by atomic mass is 9.98. The zero-order chi connectivity index (χ0) is 17.1. The van der Waals surface area contributed by atoms with Crippen molar-refractivity contribution in [1.29, 1.82) is 0 Å². The van der Waals surface area contributed by atoms with E-state index in [1.165, 1.54) is 4.90 Å². The number of hydrogen-bond donors (Lipinski definition) is 2. The van der Waals surface area contributed by atoms with Crippen LogP contribution in [0.5, 0.6) is 0 Å². The van der Waals surface area contributed by atoms with E-state index in [2.05, 4.69) is 25.7 Å². The maximum absolute atomic E-state index is 11.1. The molecule has 1 saturated heterocycles. The Balaban J connectivity index is 1.73. The molecule has 1 unspecified atom stereocenters. The summed E-state index contributed by atoms with van der Waals surface area (Å²) in [5.74, 6) is 0.895. The van der Waals surface area contributed by atoms with Crippen molar-refractivity contribution in [1.82, 2.24) is 25.3 Å². The van der Waals surface area contributed by atoms with Crippen LogP contribution in [0.2, 0.25) is 5.15 Å². The van der Waals surface area contributed by atoms with Gasteiger partial charge in [0, 0.05) is 32.6 Å². The van der Waals surface area contributed by atoms with Gasteiger partial charge in [-0.1, -0.05) is 11.6 Å². The zero-order valence-corrected chi connectivity index (χ0v) is 13.8. The maximum atomic E-state index is 11.1. The first-order chi connectivity index (χ1) is 11.5. The molecule has 0 radical (unpaired) electrons. The number of anilines is 1. The number of carboxylic acid groups (broad SMARTS) is 1. The molecule has 1 aliphatic heterocycles. The number of aryl methyl sites for hydroxylation is 1. The third kappa shape index (κ3) is 3.73. The predicted octanol–water partition coefficient (Wildman–Crippen LogP) is 2.29. The number of nitrogens with zero attached hydrogens (tertiary/aromatic N) is 5. The SMILES string of the molecule is Cc1nnc(-c2nnc(Cl)cc2NCC2CCCN(C(=O)O)C2)o1. The minimum absolute atomic E-state index is 0.207. The highest BCUT2D eigenvalue weighted by Gasteiger charge is 2.24. The molecule has 3 rings (SSSR count). The van der Waals surface area contributed by atoms with Crippen molar-refractivity contribution in [3.05, 3.63) is 17.1 Å². The molecular formula is C14H17ClN6O3. The summed E-state index contributed by atoms with van der Waals surface area (Å²) in [4.78, 5) is 12.5. The summed E-state index contributed by atoms with van der Waals surface area (Å²) >= 11 is 5.93. The lowest BCUT2D eigenvalue weighted by Gasteiger charge is -2.31. The summed E-state index contributed by atoms with van der Waals surface area (Å²) in [5, 5.41) is 28.2. The van der Waals surface area contributed by atoms with Crippen LogP contribution in [0.25, 0.3) is 11.6 Å². The number of likely N-dealkylation sites (tertiary alicyclic amines) is 1. The Kier molecular flexibility index (Phi) is 4.79. The monoisotopic (exact) mass is 352 g/mol. The van der Waals surface area contributed by atoms with Gasteiger partial charge in [0.25, 0.3) is 5.89 Å². The van der Waals surface area contributed by atoms with Gasteiger partial charge >= 0.3 is 6.09 Å². The summed E-state index contributed by atoms with van der Waals surface area (Å²) in [6.07, 6.45) is 0.928. The summed E-state index contributed by atoms with van der Waals surface area (Å²) in [7, 11) is 0. The van der Waals surface area contributed by atoms with Gasteiger partial charge in [0.15, 0.2) is 10.8 Å². The Labute approximate surface area is 143 Å². The molecule has 3 heterocycles. The Hall–Kier alpha value is -2.42. The van der Waals surface area contributed by atoms with E-state index in [0.717, 1.165) is 12.8 Å². The van der Waals surface area contributed by atoms with Crippen LogP contribution in [-0.2, 0) is 0 Å². The van der Waals surface area contributed by atoms with Crippen LogP contribution in [0.1, 0.15) is 18.7 Å². The van der Waals surface area contributed by atoms with Gasteiger partial charge in [-0.2, -0.15) is 0 Å². The van der Waals surface area contributed by atoms with Gasteiger partial charge in [-0.25, -0.2) is 4.79 Å². The summed E-state index contributed by atoms with van der Waals surface area (Å²) in [5.41, 5.74) is 1.05. The minimum atomic E-state index is -0.879. The van der Waals surface area contributed by atoms with Crippen molar-refractivity contribution < 1.29 is 14.3 Å². The molecule has 0 spiro atoms. The van der Waals surface area contributed by atoms with Gasteiger partial charge in [0.05, 0.1) is 5.69 Å². The highest BCUT2D eigenvalue weighted by atomic mass is 35.5. The third-order valence-corrected chi connectivity index (χ3v) is 4.05. The Morgan fingerprint density at radius 2 is 2.29 bits per heavy atom. The molecule has 0 saturated carbocycles. The molecule has 128 valence electrons. The fourth-order valence-electron chi connectivity index (χ4n) is 2.71. The van der Waals surface area contributed by atoms with Gasteiger partial charge in [-0.3, -0.25) is 0 Å². The van der Waals surface area contributed by atoms with Gasteiger partial charge in [-0.05, 0) is 18.8 Å². The number of piperidine rings is 1. The van der Waals surface area contributed by atoms with E-state index in [-0.39, 0.29) is 17.0 Å². The van der Waals surface area contributed by atoms with Gasteiger partial charge in [0.2, 0.25) is 5.89 Å². The van der Waals surface area contributed by atoms with Crippen LogP contribution in [0.4, 0.5) is 10.5 Å². The number of nitrogens with one attached hydrogen (secondary N) is 1. The number of hydrogen-bond acceptors (Lipinski definition) is 7.